The molecule has 0 saturated heterocycles. The first kappa shape index (κ1) is 17.0. The Morgan fingerprint density at radius 1 is 1.30 bits per heavy atom. The van der Waals surface area contributed by atoms with Crippen molar-refractivity contribution in [3.05, 3.63) is 0 Å². The number of amides is 1. The van der Waals surface area contributed by atoms with Crippen LogP contribution in [0.3, 0.4) is 0 Å². The van der Waals surface area contributed by atoms with Crippen LogP contribution in [0.4, 0.5) is 18.0 Å². The lowest BCUT2D eigenvalue weighted by Gasteiger charge is -2.37. The van der Waals surface area contributed by atoms with Gasteiger partial charge < -0.3 is 20.5 Å². The minimum Gasteiger partial charge on any atom is -0.444 e. The van der Waals surface area contributed by atoms with E-state index in [9.17, 15) is 18.0 Å². The summed E-state index contributed by atoms with van der Waals surface area (Å²) >= 11 is 0. The predicted molar refractivity (Wildman–Crippen MR) is 66.2 cm³/mol. The van der Waals surface area contributed by atoms with Crippen LogP contribution in [0.5, 0.6) is 0 Å². The van der Waals surface area contributed by atoms with Gasteiger partial charge in [0, 0.05) is 18.6 Å². The predicted octanol–water partition coefficient (Wildman–Crippen LogP) is 1.55. The largest absolute Gasteiger partial charge is 0.444 e. The summed E-state index contributed by atoms with van der Waals surface area (Å²) in [6.07, 6.45) is -6.46. The van der Waals surface area contributed by atoms with Gasteiger partial charge in [0.2, 0.25) is 0 Å². The maximum absolute atomic E-state index is 12.1. The summed E-state index contributed by atoms with van der Waals surface area (Å²) in [6.45, 7) is 4.70. The minimum atomic E-state index is -4.61. The van der Waals surface area contributed by atoms with Gasteiger partial charge in [-0.3, -0.25) is 0 Å². The Morgan fingerprint density at radius 3 is 2.30 bits per heavy atom. The zero-order valence-electron chi connectivity index (χ0n) is 11.8. The average molecular weight is 298 g/mol. The Bertz CT molecular complexity index is 336. The molecule has 8 heteroatoms. The standard InChI is InChI=1S/C12H21F3N2O3/c1-11(2,3)20-10(19)17-8-4-7(5-8)16-6-9(18)12(13,14)15/h7-9,16,18H,4-6H2,1-3H3,(H,17,19). The third-order valence-electron chi connectivity index (χ3n) is 2.84. The highest BCUT2D eigenvalue weighted by Gasteiger charge is 2.39. The fourth-order valence-corrected chi connectivity index (χ4v) is 1.77. The van der Waals surface area contributed by atoms with E-state index in [2.05, 4.69) is 10.6 Å². The molecule has 1 aliphatic carbocycles. The van der Waals surface area contributed by atoms with Crippen LogP contribution in [0.25, 0.3) is 0 Å². The van der Waals surface area contributed by atoms with Crippen molar-refractivity contribution in [2.45, 2.75) is 63.6 Å². The molecule has 1 unspecified atom stereocenters. The highest BCUT2D eigenvalue weighted by molar-refractivity contribution is 5.68. The molecule has 0 spiro atoms. The Balaban J connectivity index is 2.16. The SMILES string of the molecule is CC(C)(C)OC(=O)NC1CC(NCC(O)C(F)(F)F)C1. The summed E-state index contributed by atoms with van der Waals surface area (Å²) in [6, 6.07) is -0.239. The molecule has 1 atom stereocenters. The van der Waals surface area contributed by atoms with E-state index in [1.54, 1.807) is 20.8 Å². The maximum atomic E-state index is 12.1. The molecular weight excluding hydrogens is 277 g/mol. The molecule has 1 aliphatic rings. The lowest BCUT2D eigenvalue weighted by molar-refractivity contribution is -0.202. The molecular formula is C12H21F3N2O3. The number of alkyl halides is 3. The van der Waals surface area contributed by atoms with Gasteiger partial charge in [0.05, 0.1) is 0 Å². The number of carbonyl (C=O) groups excluding carboxylic acids is 1. The van der Waals surface area contributed by atoms with Crippen molar-refractivity contribution in [1.29, 1.82) is 0 Å². The molecule has 0 aromatic rings. The van der Waals surface area contributed by atoms with Crippen LogP contribution in [0, 0.1) is 0 Å². The zero-order valence-corrected chi connectivity index (χ0v) is 11.8. The molecule has 20 heavy (non-hydrogen) atoms. The van der Waals surface area contributed by atoms with Crippen molar-refractivity contribution in [3.63, 3.8) is 0 Å². The van der Waals surface area contributed by atoms with E-state index in [0.717, 1.165) is 0 Å². The van der Waals surface area contributed by atoms with E-state index in [-0.39, 0.29) is 12.1 Å². The van der Waals surface area contributed by atoms with Gasteiger partial charge in [0.15, 0.2) is 6.10 Å². The smallest absolute Gasteiger partial charge is 0.415 e. The van der Waals surface area contributed by atoms with E-state index in [0.29, 0.717) is 12.8 Å². The molecule has 1 rings (SSSR count). The lowest BCUT2D eigenvalue weighted by Crippen LogP contribution is -2.55. The van der Waals surface area contributed by atoms with E-state index in [1.165, 1.54) is 0 Å². The zero-order chi connectivity index (χ0) is 15.6. The van der Waals surface area contributed by atoms with E-state index >= 15 is 0 Å². The van der Waals surface area contributed by atoms with Crippen LogP contribution in [0.1, 0.15) is 33.6 Å². The number of nitrogens with one attached hydrogen (secondary N) is 2. The normalized spacial score (nSPS) is 24.8. The van der Waals surface area contributed by atoms with Gasteiger partial charge in [-0.15, -0.1) is 0 Å². The molecule has 1 saturated carbocycles. The molecule has 0 heterocycles. The summed E-state index contributed by atoms with van der Waals surface area (Å²) in [5.74, 6) is 0. The van der Waals surface area contributed by atoms with Crippen LogP contribution in [0.15, 0.2) is 0 Å². The van der Waals surface area contributed by atoms with Crippen LogP contribution < -0.4 is 10.6 Å². The Kier molecular flexibility index (Phi) is 5.26. The van der Waals surface area contributed by atoms with Gasteiger partial charge in [0.1, 0.15) is 5.60 Å². The Labute approximate surface area is 115 Å². The highest BCUT2D eigenvalue weighted by Crippen LogP contribution is 2.23. The number of aliphatic hydroxyl groups excluding tert-OH is 1. The number of rotatable bonds is 4. The second-order valence-corrected chi connectivity index (χ2v) is 5.98. The molecule has 3 N–H and O–H groups in total. The topological polar surface area (TPSA) is 70.6 Å². The number of aliphatic hydroxyl groups is 1. The summed E-state index contributed by atoms with van der Waals surface area (Å²) in [5.41, 5.74) is -0.581. The van der Waals surface area contributed by atoms with Gasteiger partial charge in [-0.1, -0.05) is 0 Å². The minimum absolute atomic E-state index is 0.106. The van der Waals surface area contributed by atoms with Gasteiger partial charge in [0.25, 0.3) is 0 Å². The Hall–Kier alpha value is -1.02. The molecule has 0 radical (unpaired) electrons. The molecule has 0 aromatic heterocycles. The number of ether oxygens (including phenoxy) is 1. The average Bonchev–Trinajstić information content (AvgIpc) is 2.16. The van der Waals surface area contributed by atoms with Crippen molar-refractivity contribution in [2.24, 2.45) is 0 Å². The van der Waals surface area contributed by atoms with Crippen LogP contribution >= 0.6 is 0 Å². The van der Waals surface area contributed by atoms with Gasteiger partial charge in [-0.05, 0) is 33.6 Å². The molecule has 0 aliphatic heterocycles. The van der Waals surface area contributed by atoms with Crippen LogP contribution in [0.2, 0.25) is 0 Å². The second-order valence-electron chi connectivity index (χ2n) is 5.98. The first-order valence-electron chi connectivity index (χ1n) is 6.45. The third-order valence-corrected chi connectivity index (χ3v) is 2.84. The molecule has 0 bridgehead atoms. The van der Waals surface area contributed by atoms with Gasteiger partial charge >= 0.3 is 12.3 Å². The highest BCUT2D eigenvalue weighted by atomic mass is 19.4. The third kappa shape index (κ3) is 5.96. The molecule has 1 fully saturated rings. The first-order valence-corrected chi connectivity index (χ1v) is 6.45. The van der Waals surface area contributed by atoms with E-state index in [4.69, 9.17) is 9.84 Å². The molecule has 5 nitrogen and oxygen atoms in total. The number of alkyl carbamates (subject to hydrolysis) is 1. The van der Waals surface area contributed by atoms with Crippen molar-refractivity contribution in [2.75, 3.05) is 6.54 Å². The summed E-state index contributed by atoms with van der Waals surface area (Å²) in [4.78, 5) is 11.4. The maximum Gasteiger partial charge on any atom is 0.415 e. The summed E-state index contributed by atoms with van der Waals surface area (Å²) < 4.78 is 41.3. The van der Waals surface area contributed by atoms with Crippen LogP contribution in [-0.4, -0.2) is 47.7 Å². The number of halogens is 3. The first-order chi connectivity index (χ1) is 8.97. The van der Waals surface area contributed by atoms with Gasteiger partial charge in [-0.25, -0.2) is 4.79 Å². The van der Waals surface area contributed by atoms with Crippen molar-refractivity contribution < 1.29 is 27.8 Å². The van der Waals surface area contributed by atoms with Crippen molar-refractivity contribution in [3.8, 4) is 0 Å². The lowest BCUT2D eigenvalue weighted by atomic mass is 9.87. The van der Waals surface area contributed by atoms with Crippen molar-refractivity contribution in [1.82, 2.24) is 10.6 Å². The molecule has 118 valence electrons. The number of hydrogen-bond acceptors (Lipinski definition) is 4. The molecule has 0 aromatic carbocycles. The Morgan fingerprint density at radius 2 is 1.85 bits per heavy atom. The van der Waals surface area contributed by atoms with Gasteiger partial charge in [-0.2, -0.15) is 13.2 Å². The summed E-state index contributed by atoms with van der Waals surface area (Å²) in [5, 5.41) is 14.1. The van der Waals surface area contributed by atoms with Crippen LogP contribution in [-0.2, 0) is 4.74 Å². The van der Waals surface area contributed by atoms with E-state index < -0.39 is 30.5 Å². The number of hydrogen-bond donors (Lipinski definition) is 3. The fourth-order valence-electron chi connectivity index (χ4n) is 1.77. The summed E-state index contributed by atoms with van der Waals surface area (Å²) in [7, 11) is 0. The number of carbonyl (C=O) groups is 1. The van der Waals surface area contributed by atoms with E-state index in [1.807, 2.05) is 0 Å². The fraction of sp³-hybridized carbons (Fsp3) is 0.917. The van der Waals surface area contributed by atoms with Crippen molar-refractivity contribution >= 4 is 6.09 Å². The molecule has 1 amide bonds. The monoisotopic (exact) mass is 298 g/mol. The quantitative estimate of drug-likeness (QED) is 0.736. The second kappa shape index (κ2) is 6.17.